The molecule has 2 heterocycles. The van der Waals surface area contributed by atoms with Crippen molar-refractivity contribution in [1.82, 2.24) is 4.90 Å². The van der Waals surface area contributed by atoms with Crippen molar-refractivity contribution in [3.05, 3.63) is 47.5 Å². The van der Waals surface area contributed by atoms with E-state index in [-0.39, 0.29) is 5.91 Å². The number of unbranched alkanes of at least 4 members (excludes halogenated alkanes) is 1. The van der Waals surface area contributed by atoms with Gasteiger partial charge in [0.15, 0.2) is 0 Å². The van der Waals surface area contributed by atoms with Gasteiger partial charge in [0.05, 0.1) is 19.4 Å². The number of nitrogens with one attached hydrogen (secondary N) is 1. The summed E-state index contributed by atoms with van der Waals surface area (Å²) in [4.78, 5) is 16.5. The Balaban J connectivity index is 1.16. The van der Waals surface area contributed by atoms with Crippen LogP contribution in [0.3, 0.4) is 0 Å². The molecular formula is C25H33N3O3. The van der Waals surface area contributed by atoms with Crippen LogP contribution in [0.1, 0.15) is 30.4 Å². The van der Waals surface area contributed by atoms with Crippen molar-refractivity contribution in [2.75, 3.05) is 56.7 Å². The predicted molar refractivity (Wildman–Crippen MR) is 125 cm³/mol. The van der Waals surface area contributed by atoms with Crippen LogP contribution < -0.4 is 19.7 Å². The number of methoxy groups -OCH3 is 1. The van der Waals surface area contributed by atoms with E-state index in [9.17, 15) is 4.79 Å². The molecule has 0 unspecified atom stereocenters. The third-order valence-corrected chi connectivity index (χ3v) is 6.16. The number of carbonyl (C=O) groups is 1. The highest BCUT2D eigenvalue weighted by molar-refractivity contribution is 5.94. The van der Waals surface area contributed by atoms with Crippen LogP contribution in [-0.4, -0.2) is 57.2 Å². The summed E-state index contributed by atoms with van der Waals surface area (Å²) in [6, 6.07) is 12.5. The van der Waals surface area contributed by atoms with E-state index in [2.05, 4.69) is 46.3 Å². The summed E-state index contributed by atoms with van der Waals surface area (Å²) in [6.45, 7) is 8.09. The number of hydrogen-bond acceptors (Lipinski definition) is 5. The minimum absolute atomic E-state index is 0.0885. The Morgan fingerprint density at radius 1 is 1.00 bits per heavy atom. The Hall–Kier alpha value is -2.73. The lowest BCUT2D eigenvalue weighted by atomic mass is 10.0. The van der Waals surface area contributed by atoms with Gasteiger partial charge in [-0.05, 0) is 62.1 Å². The molecule has 2 aromatic carbocycles. The average molecular weight is 424 g/mol. The number of aryl methyl sites for hydroxylation is 2. The number of benzene rings is 2. The molecule has 0 radical (unpaired) electrons. The number of nitrogens with zero attached hydrogens (tertiary/aromatic N) is 2. The van der Waals surface area contributed by atoms with E-state index < -0.39 is 0 Å². The largest absolute Gasteiger partial charge is 0.495 e. The molecule has 2 aliphatic rings. The SMILES string of the molecule is COc1cc(C)ccc1N1CCN(CCCCOc2ccc3c(c2)NC(=O)CC3)CC1. The molecule has 1 fully saturated rings. The van der Waals surface area contributed by atoms with Crippen LogP contribution in [0.2, 0.25) is 0 Å². The Morgan fingerprint density at radius 2 is 1.84 bits per heavy atom. The molecule has 0 aliphatic carbocycles. The summed E-state index contributed by atoms with van der Waals surface area (Å²) in [5.41, 5.74) is 4.51. The summed E-state index contributed by atoms with van der Waals surface area (Å²) in [6.07, 6.45) is 3.52. The van der Waals surface area contributed by atoms with E-state index >= 15 is 0 Å². The number of carbonyl (C=O) groups excluding carboxylic acids is 1. The standard InChI is InChI=1S/C25H33N3O3/c1-19-5-9-23(24(17-19)30-2)28-14-12-27(13-15-28)11-3-4-16-31-21-8-6-20-7-10-25(29)26-22(20)18-21/h5-6,8-9,17-18H,3-4,7,10-16H2,1-2H3,(H,26,29). The molecule has 6 nitrogen and oxygen atoms in total. The monoisotopic (exact) mass is 423 g/mol. The van der Waals surface area contributed by atoms with Crippen LogP contribution in [0.4, 0.5) is 11.4 Å². The summed E-state index contributed by atoms with van der Waals surface area (Å²) in [5, 5.41) is 2.93. The highest BCUT2D eigenvalue weighted by Crippen LogP contribution is 2.30. The molecule has 0 bridgehead atoms. The number of fused-ring (bicyclic) bond motifs is 1. The highest BCUT2D eigenvalue weighted by Gasteiger charge is 2.19. The van der Waals surface area contributed by atoms with Gasteiger partial charge < -0.3 is 19.7 Å². The van der Waals surface area contributed by atoms with Gasteiger partial charge in [0.25, 0.3) is 0 Å². The van der Waals surface area contributed by atoms with Crippen molar-refractivity contribution in [2.45, 2.75) is 32.6 Å². The zero-order valence-electron chi connectivity index (χ0n) is 18.7. The van der Waals surface area contributed by atoms with Crippen LogP contribution in [-0.2, 0) is 11.2 Å². The molecule has 2 aliphatic heterocycles. The quantitative estimate of drug-likeness (QED) is 0.654. The molecule has 0 spiro atoms. The normalized spacial score (nSPS) is 16.6. The first kappa shape index (κ1) is 21.5. The van der Waals surface area contributed by atoms with Crippen LogP contribution in [0.25, 0.3) is 0 Å². The van der Waals surface area contributed by atoms with Gasteiger partial charge in [0, 0.05) is 44.4 Å². The minimum atomic E-state index is 0.0885. The first-order valence-corrected chi connectivity index (χ1v) is 11.3. The lowest BCUT2D eigenvalue weighted by Gasteiger charge is -2.36. The summed E-state index contributed by atoms with van der Waals surface area (Å²) in [7, 11) is 1.75. The number of amides is 1. The van der Waals surface area contributed by atoms with Gasteiger partial charge >= 0.3 is 0 Å². The lowest BCUT2D eigenvalue weighted by molar-refractivity contribution is -0.116. The van der Waals surface area contributed by atoms with E-state index in [1.165, 1.54) is 16.8 Å². The van der Waals surface area contributed by atoms with Gasteiger partial charge in [-0.3, -0.25) is 9.69 Å². The molecule has 2 aromatic rings. The molecule has 0 saturated carbocycles. The van der Waals surface area contributed by atoms with Crippen LogP contribution in [0, 0.1) is 6.92 Å². The summed E-state index contributed by atoms with van der Waals surface area (Å²) in [5.74, 6) is 1.89. The minimum Gasteiger partial charge on any atom is -0.495 e. The molecule has 0 atom stereocenters. The molecule has 1 amide bonds. The van der Waals surface area contributed by atoms with E-state index in [1.807, 2.05) is 12.1 Å². The van der Waals surface area contributed by atoms with Crippen LogP contribution in [0.5, 0.6) is 11.5 Å². The molecule has 0 aromatic heterocycles. The van der Waals surface area contributed by atoms with Crippen LogP contribution in [0.15, 0.2) is 36.4 Å². The smallest absolute Gasteiger partial charge is 0.224 e. The van der Waals surface area contributed by atoms with Crippen molar-refractivity contribution in [2.24, 2.45) is 0 Å². The summed E-state index contributed by atoms with van der Waals surface area (Å²) >= 11 is 0. The average Bonchev–Trinajstić information content (AvgIpc) is 2.79. The second-order valence-electron chi connectivity index (χ2n) is 8.43. The maximum absolute atomic E-state index is 11.6. The van der Waals surface area contributed by atoms with Gasteiger partial charge in [0.1, 0.15) is 11.5 Å². The first-order chi connectivity index (χ1) is 15.1. The van der Waals surface area contributed by atoms with Gasteiger partial charge in [-0.1, -0.05) is 12.1 Å². The van der Waals surface area contributed by atoms with Gasteiger partial charge in [0.2, 0.25) is 5.91 Å². The molecule has 4 rings (SSSR count). The Morgan fingerprint density at radius 3 is 2.65 bits per heavy atom. The molecule has 6 heteroatoms. The number of hydrogen-bond donors (Lipinski definition) is 1. The number of ether oxygens (including phenoxy) is 2. The summed E-state index contributed by atoms with van der Waals surface area (Å²) < 4.78 is 11.5. The van der Waals surface area contributed by atoms with E-state index in [1.54, 1.807) is 7.11 Å². The second-order valence-corrected chi connectivity index (χ2v) is 8.43. The van der Waals surface area contributed by atoms with Crippen LogP contribution >= 0.6 is 0 Å². The highest BCUT2D eigenvalue weighted by atomic mass is 16.5. The molecule has 31 heavy (non-hydrogen) atoms. The Bertz CT molecular complexity index is 907. The fraction of sp³-hybridized carbons (Fsp3) is 0.480. The van der Waals surface area contributed by atoms with Crippen molar-refractivity contribution in [3.8, 4) is 11.5 Å². The van der Waals surface area contributed by atoms with Gasteiger partial charge in [-0.2, -0.15) is 0 Å². The number of piperazine rings is 1. The van der Waals surface area contributed by atoms with Crippen molar-refractivity contribution < 1.29 is 14.3 Å². The number of anilines is 2. The topological polar surface area (TPSA) is 54.0 Å². The molecule has 1 N–H and O–H groups in total. The van der Waals surface area contributed by atoms with Crippen molar-refractivity contribution in [1.29, 1.82) is 0 Å². The lowest BCUT2D eigenvalue weighted by Crippen LogP contribution is -2.46. The molecule has 166 valence electrons. The van der Waals surface area contributed by atoms with Gasteiger partial charge in [-0.25, -0.2) is 0 Å². The van der Waals surface area contributed by atoms with E-state index in [0.29, 0.717) is 13.0 Å². The zero-order valence-corrected chi connectivity index (χ0v) is 18.7. The zero-order chi connectivity index (χ0) is 21.6. The number of rotatable bonds is 8. The third kappa shape index (κ3) is 5.50. The molecular weight excluding hydrogens is 390 g/mol. The van der Waals surface area contributed by atoms with Crippen molar-refractivity contribution in [3.63, 3.8) is 0 Å². The van der Waals surface area contributed by atoms with E-state index in [0.717, 1.165) is 69.2 Å². The Kier molecular flexibility index (Phi) is 6.97. The van der Waals surface area contributed by atoms with E-state index in [4.69, 9.17) is 9.47 Å². The maximum atomic E-state index is 11.6. The predicted octanol–water partition coefficient (Wildman–Crippen LogP) is 3.87. The van der Waals surface area contributed by atoms with Gasteiger partial charge in [-0.15, -0.1) is 0 Å². The fourth-order valence-electron chi connectivity index (χ4n) is 4.33. The first-order valence-electron chi connectivity index (χ1n) is 11.3. The third-order valence-electron chi connectivity index (χ3n) is 6.16. The maximum Gasteiger partial charge on any atom is 0.224 e. The second kappa shape index (κ2) is 10.1. The fourth-order valence-corrected chi connectivity index (χ4v) is 4.33. The van der Waals surface area contributed by atoms with Crippen molar-refractivity contribution >= 4 is 17.3 Å². The Labute approximate surface area is 185 Å². The molecule has 1 saturated heterocycles.